The molecule has 0 saturated heterocycles. The van der Waals surface area contributed by atoms with Gasteiger partial charge in [0.25, 0.3) is 5.59 Å². The zero-order chi connectivity index (χ0) is 36.1. The summed E-state index contributed by atoms with van der Waals surface area (Å²) in [7, 11) is -2.57. The van der Waals surface area contributed by atoms with Crippen LogP contribution >= 0.6 is 0 Å². The highest BCUT2D eigenvalue weighted by Crippen LogP contribution is 2.42. The number of nitrogens with one attached hydrogen (secondary N) is 3. The zero-order valence-corrected chi connectivity index (χ0v) is 31.9. The first-order valence-corrected chi connectivity index (χ1v) is 19.8. The van der Waals surface area contributed by atoms with Crippen LogP contribution in [-0.2, 0) is 28.7 Å². The van der Waals surface area contributed by atoms with E-state index in [-0.39, 0.29) is 52.8 Å². The highest BCUT2D eigenvalue weighted by Gasteiger charge is 2.51. The summed E-state index contributed by atoms with van der Waals surface area (Å²) in [5.41, 5.74) is 0.461. The molecule has 0 aromatic rings. The number of cyclic esters (lactones) is 1. The van der Waals surface area contributed by atoms with E-state index in [0.29, 0.717) is 6.42 Å². The van der Waals surface area contributed by atoms with E-state index < -0.39 is 55.9 Å². The molecule has 11 heteroatoms. The Kier molecular flexibility index (Phi) is 17.7. The third kappa shape index (κ3) is 11.9. The van der Waals surface area contributed by atoms with Gasteiger partial charge in [-0.3, -0.25) is 19.2 Å². The van der Waals surface area contributed by atoms with Crippen LogP contribution in [0.2, 0.25) is 16.6 Å². The van der Waals surface area contributed by atoms with Gasteiger partial charge in [0.15, 0.2) is 8.07 Å². The third-order valence-corrected chi connectivity index (χ3v) is 16.2. The summed E-state index contributed by atoms with van der Waals surface area (Å²) < 4.78 is 12.2. The average Bonchev–Trinajstić information content (AvgIpc) is 2.97. The quantitative estimate of drug-likeness (QED) is 0.105. The smallest absolute Gasteiger partial charge is 0.329 e. The highest BCUT2D eigenvalue weighted by molar-refractivity contribution is 7.07. The van der Waals surface area contributed by atoms with Gasteiger partial charge in [0.2, 0.25) is 17.7 Å². The Hall–Kier alpha value is -2.95. The predicted octanol–water partition coefficient (Wildman–Crippen LogP) is 6.75. The Morgan fingerprint density at radius 3 is 2.02 bits per heavy atom. The van der Waals surface area contributed by atoms with Crippen molar-refractivity contribution in [2.75, 3.05) is 6.61 Å². The number of allylic oxidation sites excluding steroid dienone is 1. The molecule has 0 bridgehead atoms. The normalized spacial score (nSPS) is 23.5. The second-order valence-corrected chi connectivity index (χ2v) is 20.2. The van der Waals surface area contributed by atoms with Gasteiger partial charge in [-0.05, 0) is 54.3 Å². The van der Waals surface area contributed by atoms with E-state index in [1.807, 2.05) is 6.92 Å². The second kappa shape index (κ2) is 19.8. The van der Waals surface area contributed by atoms with Gasteiger partial charge in [-0.1, -0.05) is 101 Å². The highest BCUT2D eigenvalue weighted by atomic mass is 28.3. The molecule has 0 aromatic carbocycles. The summed E-state index contributed by atoms with van der Waals surface area (Å²) in [6.45, 7) is 25.5. The molecule has 1 aliphatic heterocycles. The molecule has 10 nitrogen and oxygen atoms in total. The van der Waals surface area contributed by atoms with Crippen LogP contribution < -0.4 is 16.0 Å². The summed E-state index contributed by atoms with van der Waals surface area (Å²) in [5.74, 6) is -3.66. The lowest BCUT2D eigenvalue weighted by atomic mass is 9.85. The van der Waals surface area contributed by atoms with Crippen molar-refractivity contribution in [3.05, 3.63) is 24.4 Å². The van der Waals surface area contributed by atoms with Gasteiger partial charge in [0.1, 0.15) is 18.2 Å². The number of amides is 3. The molecule has 268 valence electrons. The van der Waals surface area contributed by atoms with Crippen molar-refractivity contribution in [3.63, 3.8) is 0 Å². The molecule has 47 heavy (non-hydrogen) atoms. The van der Waals surface area contributed by atoms with Gasteiger partial charge in [0.05, 0.1) is 12.5 Å². The van der Waals surface area contributed by atoms with E-state index >= 15 is 0 Å². The van der Waals surface area contributed by atoms with Crippen LogP contribution in [0.4, 0.5) is 4.79 Å². The standard InChI is InChI=1S/C36H63N3O7Si/c1-13-14-15-16-17-26(10)32-29(20-21-45-36(44)47(23(4)5,24(6)7)25(8)9)34(42)37-27(11)18-19-30(40)38-28(12)33(41)39-31(22(2)3)35(43)46-32/h18-19,22-26,28-29,31-32H,11,13-17,20-21H2,1-10,12H3,(H,37,42)(H,38,40)(H,39,41)/b19-18+/t26-,28+,29+,31-,32+/m1/s1. The minimum absolute atomic E-state index is 0.0268. The lowest BCUT2D eigenvalue weighted by molar-refractivity contribution is -0.162. The van der Waals surface area contributed by atoms with Crippen molar-refractivity contribution in [1.29, 1.82) is 0 Å². The fraction of sp³-hybridized carbons (Fsp3) is 0.750. The van der Waals surface area contributed by atoms with E-state index in [4.69, 9.17) is 9.47 Å². The Balaban J connectivity index is 3.60. The molecule has 3 amide bonds. The SMILES string of the molecule is C=C1/C=C/C(=O)N[C@@H](C)C(=O)N[C@H](C(C)C)C(=O)O[C@@H]([C@H](C)CCCCCC)[C@H](CCOC(=O)[Si](C(C)C)(C(C)C)C(C)C)C(=O)N1. The van der Waals surface area contributed by atoms with E-state index in [1.54, 1.807) is 13.8 Å². The van der Waals surface area contributed by atoms with Gasteiger partial charge in [0, 0.05) is 11.8 Å². The lowest BCUT2D eigenvalue weighted by Crippen LogP contribution is -2.54. The number of hydrogen-bond acceptors (Lipinski definition) is 7. The molecule has 3 N–H and O–H groups in total. The Bertz CT molecular complexity index is 1100. The summed E-state index contributed by atoms with van der Waals surface area (Å²) >= 11 is 0. The number of carbonyl (C=O) groups is 5. The Labute approximate surface area is 284 Å². The van der Waals surface area contributed by atoms with Crippen LogP contribution in [0, 0.1) is 17.8 Å². The largest absolute Gasteiger partial charge is 0.470 e. The number of unbranched alkanes of at least 4 members (excludes halogenated alkanes) is 3. The van der Waals surface area contributed by atoms with Crippen LogP contribution in [0.15, 0.2) is 24.4 Å². The molecule has 0 aromatic heterocycles. The number of hydrogen-bond donors (Lipinski definition) is 3. The summed E-state index contributed by atoms with van der Waals surface area (Å²) in [6, 6.07) is -1.94. The van der Waals surface area contributed by atoms with Crippen molar-refractivity contribution in [2.45, 2.75) is 149 Å². The molecule has 1 heterocycles. The number of carbonyl (C=O) groups excluding carboxylic acids is 5. The van der Waals surface area contributed by atoms with Gasteiger partial charge in [-0.25, -0.2) is 4.79 Å². The minimum Gasteiger partial charge on any atom is -0.470 e. The fourth-order valence-corrected chi connectivity index (χ4v) is 12.8. The monoisotopic (exact) mass is 677 g/mol. The maximum absolute atomic E-state index is 14.0. The van der Waals surface area contributed by atoms with E-state index in [9.17, 15) is 24.0 Å². The molecule has 0 saturated carbocycles. The molecular formula is C36H63N3O7Si. The fourth-order valence-electron chi connectivity index (χ4n) is 6.99. The number of esters is 1. The molecule has 0 radical (unpaired) electrons. The number of ether oxygens (including phenoxy) is 2. The third-order valence-electron chi connectivity index (χ3n) is 9.63. The second-order valence-electron chi connectivity index (χ2n) is 14.5. The molecule has 0 spiro atoms. The Morgan fingerprint density at radius 1 is 0.894 bits per heavy atom. The van der Waals surface area contributed by atoms with Crippen LogP contribution in [0.1, 0.15) is 115 Å². The molecule has 1 rings (SSSR count). The number of rotatable bonds is 14. The Morgan fingerprint density at radius 2 is 1.49 bits per heavy atom. The summed E-state index contributed by atoms with van der Waals surface area (Å²) in [5, 5.41) is 8.06. The van der Waals surface area contributed by atoms with Gasteiger partial charge < -0.3 is 25.4 Å². The van der Waals surface area contributed by atoms with E-state index in [0.717, 1.165) is 25.7 Å². The van der Waals surface area contributed by atoms with Crippen LogP contribution in [-0.4, -0.2) is 62.2 Å². The first kappa shape index (κ1) is 42.1. The molecule has 1 aliphatic rings. The topological polar surface area (TPSA) is 140 Å². The van der Waals surface area contributed by atoms with Crippen molar-refractivity contribution in [2.24, 2.45) is 17.8 Å². The predicted molar refractivity (Wildman–Crippen MR) is 189 cm³/mol. The van der Waals surface area contributed by atoms with Crippen LogP contribution in [0.25, 0.3) is 0 Å². The van der Waals surface area contributed by atoms with Gasteiger partial charge in [-0.2, -0.15) is 0 Å². The minimum atomic E-state index is -2.57. The first-order chi connectivity index (χ1) is 21.9. The molecular weight excluding hydrogens is 614 g/mol. The average molecular weight is 678 g/mol. The van der Waals surface area contributed by atoms with Crippen molar-refractivity contribution < 1.29 is 33.4 Å². The summed E-state index contributed by atoms with van der Waals surface area (Å²) in [4.78, 5) is 67.1. The zero-order valence-electron chi connectivity index (χ0n) is 30.9. The van der Waals surface area contributed by atoms with E-state index in [1.165, 1.54) is 19.1 Å². The maximum atomic E-state index is 14.0. The first-order valence-electron chi connectivity index (χ1n) is 17.6. The van der Waals surface area contributed by atoms with Crippen molar-refractivity contribution in [3.8, 4) is 0 Å². The van der Waals surface area contributed by atoms with E-state index in [2.05, 4.69) is 71.0 Å². The van der Waals surface area contributed by atoms with Crippen LogP contribution in [0.3, 0.4) is 0 Å². The molecule has 0 aliphatic carbocycles. The molecule has 5 atom stereocenters. The molecule has 0 fully saturated rings. The molecule has 0 unspecified atom stereocenters. The van der Waals surface area contributed by atoms with Crippen molar-refractivity contribution >= 4 is 37.4 Å². The van der Waals surface area contributed by atoms with Crippen molar-refractivity contribution in [1.82, 2.24) is 16.0 Å². The van der Waals surface area contributed by atoms with Gasteiger partial charge >= 0.3 is 5.97 Å². The summed E-state index contributed by atoms with van der Waals surface area (Å²) in [6.07, 6.45) is 6.53. The lowest BCUT2D eigenvalue weighted by Gasteiger charge is -2.40. The van der Waals surface area contributed by atoms with Crippen LogP contribution in [0.5, 0.6) is 0 Å². The van der Waals surface area contributed by atoms with Gasteiger partial charge in [-0.15, -0.1) is 0 Å². The maximum Gasteiger partial charge on any atom is 0.329 e.